The van der Waals surface area contributed by atoms with Gasteiger partial charge in [-0.05, 0) is 30.9 Å². The van der Waals surface area contributed by atoms with Gasteiger partial charge in [-0.1, -0.05) is 48.4 Å². The number of aliphatic hydroxyl groups excluding tert-OH is 1. The fraction of sp³-hybridized carbons (Fsp3) is 0.370. The van der Waals surface area contributed by atoms with Gasteiger partial charge in [0.1, 0.15) is 12.3 Å². The van der Waals surface area contributed by atoms with Gasteiger partial charge in [-0.15, -0.1) is 6.42 Å². The Hall–Kier alpha value is -3.18. The van der Waals surface area contributed by atoms with E-state index in [4.69, 9.17) is 21.0 Å². The van der Waals surface area contributed by atoms with Crippen molar-refractivity contribution < 1.29 is 19.0 Å². The van der Waals surface area contributed by atoms with Crippen molar-refractivity contribution in [1.82, 2.24) is 14.7 Å². The van der Waals surface area contributed by atoms with Gasteiger partial charge in [0.05, 0.1) is 18.3 Å². The Kier molecular flexibility index (Phi) is 7.96. The minimum atomic E-state index is -0.681. The van der Waals surface area contributed by atoms with E-state index >= 15 is 0 Å². The molecule has 3 aromatic rings. The number of para-hydroxylation sites is 1. The number of nitrogens with zero attached hydrogens (tertiary/aromatic N) is 3. The molecule has 178 valence electrons. The lowest BCUT2D eigenvalue weighted by Gasteiger charge is -2.25. The Bertz CT molecular complexity index is 1120. The SMILES string of the molecule is C#CCOC[C@@H](O)CN(Cc1c(-c2ccccc2)nn(C)c1Oc1ccccc1F)CC1CC1. The first-order valence-corrected chi connectivity index (χ1v) is 11.5. The molecule has 1 fully saturated rings. The summed E-state index contributed by atoms with van der Waals surface area (Å²) in [6.45, 7) is 2.09. The predicted molar refractivity (Wildman–Crippen MR) is 129 cm³/mol. The van der Waals surface area contributed by atoms with Crippen molar-refractivity contribution in [3.63, 3.8) is 0 Å². The molecule has 2 aromatic carbocycles. The van der Waals surface area contributed by atoms with Crippen LogP contribution in [0.15, 0.2) is 54.6 Å². The molecule has 0 saturated heterocycles. The van der Waals surface area contributed by atoms with E-state index in [1.807, 2.05) is 30.3 Å². The highest BCUT2D eigenvalue weighted by molar-refractivity contribution is 5.65. The predicted octanol–water partition coefficient (Wildman–Crippen LogP) is 4.24. The first-order chi connectivity index (χ1) is 16.5. The molecule has 1 heterocycles. The van der Waals surface area contributed by atoms with Crippen LogP contribution in [0.25, 0.3) is 11.3 Å². The fourth-order valence-electron chi connectivity index (χ4n) is 3.98. The molecule has 4 rings (SSSR count). The summed E-state index contributed by atoms with van der Waals surface area (Å²) in [5.74, 6) is 3.20. The first kappa shape index (κ1) is 24.0. The third-order valence-electron chi connectivity index (χ3n) is 5.74. The molecule has 1 atom stereocenters. The summed E-state index contributed by atoms with van der Waals surface area (Å²) in [5, 5.41) is 15.3. The first-order valence-electron chi connectivity index (χ1n) is 11.5. The molecule has 0 spiro atoms. The minimum Gasteiger partial charge on any atom is -0.436 e. The Labute approximate surface area is 199 Å². The summed E-state index contributed by atoms with van der Waals surface area (Å²) in [7, 11) is 1.79. The van der Waals surface area contributed by atoms with Crippen LogP contribution < -0.4 is 4.74 Å². The van der Waals surface area contributed by atoms with Crippen molar-refractivity contribution in [1.29, 1.82) is 0 Å². The number of aromatic nitrogens is 2. The molecule has 0 unspecified atom stereocenters. The zero-order valence-electron chi connectivity index (χ0n) is 19.4. The Morgan fingerprint density at radius 1 is 1.21 bits per heavy atom. The van der Waals surface area contributed by atoms with Crippen LogP contribution in [-0.2, 0) is 18.3 Å². The number of hydrogen-bond donors (Lipinski definition) is 1. The van der Waals surface area contributed by atoms with E-state index < -0.39 is 11.9 Å². The molecule has 34 heavy (non-hydrogen) atoms. The summed E-state index contributed by atoms with van der Waals surface area (Å²) < 4.78 is 27.5. The van der Waals surface area contributed by atoms with Gasteiger partial charge in [0, 0.05) is 32.2 Å². The van der Waals surface area contributed by atoms with Gasteiger partial charge in [-0.2, -0.15) is 5.10 Å². The Morgan fingerprint density at radius 2 is 1.94 bits per heavy atom. The highest BCUT2D eigenvalue weighted by Crippen LogP contribution is 2.36. The molecule has 1 aliphatic carbocycles. The zero-order valence-corrected chi connectivity index (χ0v) is 19.4. The molecule has 1 aromatic heterocycles. The van der Waals surface area contributed by atoms with Crippen molar-refractivity contribution in [2.45, 2.75) is 25.5 Å². The number of rotatable bonds is 12. The zero-order chi connectivity index (χ0) is 23.9. The number of benzene rings is 2. The normalized spacial score (nSPS) is 14.2. The molecule has 0 amide bonds. The molecule has 7 heteroatoms. The van der Waals surface area contributed by atoms with Crippen molar-refractivity contribution in [3.05, 3.63) is 66.0 Å². The van der Waals surface area contributed by atoms with Crippen LogP contribution in [0.4, 0.5) is 4.39 Å². The molecule has 1 saturated carbocycles. The third kappa shape index (κ3) is 6.23. The summed E-state index contributed by atoms with van der Waals surface area (Å²) in [4.78, 5) is 2.19. The van der Waals surface area contributed by atoms with Gasteiger partial charge in [0.2, 0.25) is 5.88 Å². The number of ether oxygens (including phenoxy) is 2. The second kappa shape index (κ2) is 11.3. The number of aliphatic hydroxyl groups is 1. The van der Waals surface area contributed by atoms with E-state index in [2.05, 4.69) is 10.8 Å². The maximum atomic E-state index is 14.4. The molecule has 1 aliphatic rings. The summed E-state index contributed by atoms with van der Waals surface area (Å²) in [6.07, 6.45) is 6.92. The van der Waals surface area contributed by atoms with Gasteiger partial charge in [-0.25, -0.2) is 9.07 Å². The van der Waals surface area contributed by atoms with E-state index in [0.717, 1.165) is 23.4 Å². The van der Waals surface area contributed by atoms with Crippen LogP contribution in [0, 0.1) is 24.1 Å². The third-order valence-corrected chi connectivity index (χ3v) is 5.74. The molecular weight excluding hydrogens is 433 g/mol. The van der Waals surface area contributed by atoms with Crippen molar-refractivity contribution in [2.75, 3.05) is 26.3 Å². The largest absolute Gasteiger partial charge is 0.436 e. The molecule has 0 radical (unpaired) electrons. The molecule has 0 bridgehead atoms. The topological polar surface area (TPSA) is 59.8 Å². The molecule has 6 nitrogen and oxygen atoms in total. The monoisotopic (exact) mass is 463 g/mol. The van der Waals surface area contributed by atoms with Crippen molar-refractivity contribution in [3.8, 4) is 35.2 Å². The van der Waals surface area contributed by atoms with E-state index in [1.54, 1.807) is 29.9 Å². The smallest absolute Gasteiger partial charge is 0.222 e. The summed E-state index contributed by atoms with van der Waals surface area (Å²) in [5.41, 5.74) is 2.56. The van der Waals surface area contributed by atoms with E-state index in [0.29, 0.717) is 24.9 Å². The average molecular weight is 464 g/mol. The van der Waals surface area contributed by atoms with Gasteiger partial charge < -0.3 is 14.6 Å². The maximum Gasteiger partial charge on any atom is 0.222 e. The lowest BCUT2D eigenvalue weighted by Crippen LogP contribution is -2.36. The Morgan fingerprint density at radius 3 is 2.65 bits per heavy atom. The van der Waals surface area contributed by atoms with Crippen molar-refractivity contribution in [2.24, 2.45) is 13.0 Å². The summed E-state index contributed by atoms with van der Waals surface area (Å²) in [6, 6.07) is 16.2. The number of halogens is 1. The van der Waals surface area contributed by atoms with Crippen LogP contribution in [0.5, 0.6) is 11.6 Å². The number of hydrogen-bond acceptors (Lipinski definition) is 5. The molecular formula is C27H30FN3O3. The summed E-state index contributed by atoms with van der Waals surface area (Å²) >= 11 is 0. The van der Waals surface area contributed by atoms with E-state index in [-0.39, 0.29) is 19.0 Å². The number of terminal acetylenes is 1. The molecule has 0 aliphatic heterocycles. The lowest BCUT2D eigenvalue weighted by atomic mass is 10.1. The second-order valence-electron chi connectivity index (χ2n) is 8.66. The quantitative estimate of drug-likeness (QED) is 0.322. The van der Waals surface area contributed by atoms with E-state index in [1.165, 1.54) is 18.9 Å². The van der Waals surface area contributed by atoms with Gasteiger partial charge >= 0.3 is 0 Å². The minimum absolute atomic E-state index is 0.142. The van der Waals surface area contributed by atoms with Crippen LogP contribution in [-0.4, -0.2) is 52.2 Å². The highest BCUT2D eigenvalue weighted by atomic mass is 19.1. The van der Waals surface area contributed by atoms with Gasteiger partial charge in [-0.3, -0.25) is 4.90 Å². The van der Waals surface area contributed by atoms with Crippen LogP contribution in [0.2, 0.25) is 0 Å². The van der Waals surface area contributed by atoms with Gasteiger partial charge in [0.25, 0.3) is 0 Å². The molecule has 1 N–H and O–H groups in total. The Balaban J connectivity index is 1.65. The van der Waals surface area contributed by atoms with Gasteiger partial charge in [0.15, 0.2) is 11.6 Å². The maximum absolute atomic E-state index is 14.4. The standard InChI is InChI=1S/C27H30FN3O3/c1-3-15-33-19-22(32)17-31(16-20-13-14-20)18-23-26(21-9-5-4-6-10-21)29-30(2)27(23)34-25-12-8-7-11-24(25)28/h1,4-12,20,22,32H,13-19H2,2H3/t22-/m0/s1. The highest BCUT2D eigenvalue weighted by Gasteiger charge is 2.28. The van der Waals surface area contributed by atoms with Crippen LogP contribution in [0.3, 0.4) is 0 Å². The van der Waals surface area contributed by atoms with E-state index in [9.17, 15) is 9.50 Å². The lowest BCUT2D eigenvalue weighted by molar-refractivity contribution is 0.0250. The van der Waals surface area contributed by atoms with Crippen LogP contribution in [0.1, 0.15) is 18.4 Å². The average Bonchev–Trinajstić information content (AvgIpc) is 3.60. The number of aryl methyl sites for hydroxylation is 1. The van der Waals surface area contributed by atoms with Crippen molar-refractivity contribution >= 4 is 0 Å². The van der Waals surface area contributed by atoms with Crippen LogP contribution >= 0.6 is 0 Å². The second-order valence-corrected chi connectivity index (χ2v) is 8.66. The fourth-order valence-corrected chi connectivity index (χ4v) is 3.98.